The molecule has 0 aromatic carbocycles. The number of amides is 1. The topological polar surface area (TPSA) is 68.5 Å². The maximum absolute atomic E-state index is 12.7. The maximum Gasteiger partial charge on any atom is 0.471 e. The summed E-state index contributed by atoms with van der Waals surface area (Å²) in [7, 11) is 0. The fraction of sp³-hybridized carbons (Fsp3) is 0.562. The zero-order valence-corrected chi connectivity index (χ0v) is 14.5. The molecule has 0 N–H and O–H groups in total. The average molecular weight is 387 g/mol. The van der Waals surface area contributed by atoms with Gasteiger partial charge in [0.1, 0.15) is 6.10 Å². The van der Waals surface area contributed by atoms with Gasteiger partial charge in [-0.15, -0.1) is 11.3 Å². The molecule has 1 atom stereocenters. The van der Waals surface area contributed by atoms with Crippen molar-refractivity contribution in [2.45, 2.75) is 50.6 Å². The third kappa shape index (κ3) is 3.61. The van der Waals surface area contributed by atoms with Gasteiger partial charge in [0.25, 0.3) is 5.91 Å². The van der Waals surface area contributed by atoms with Crippen molar-refractivity contribution >= 4 is 17.2 Å². The summed E-state index contributed by atoms with van der Waals surface area (Å²) in [5.74, 6) is -1.47. The Balaban J connectivity index is 1.48. The Labute approximate surface area is 150 Å². The van der Waals surface area contributed by atoms with Crippen molar-refractivity contribution in [3.8, 4) is 10.7 Å². The van der Waals surface area contributed by atoms with Crippen LogP contribution < -0.4 is 0 Å². The highest BCUT2D eigenvalue weighted by molar-refractivity contribution is 7.15. The molecule has 4 rings (SSSR count). The molecule has 2 aromatic rings. The predicted molar refractivity (Wildman–Crippen MR) is 85.2 cm³/mol. The van der Waals surface area contributed by atoms with Gasteiger partial charge in [-0.2, -0.15) is 18.2 Å². The summed E-state index contributed by atoms with van der Waals surface area (Å²) in [4.78, 5) is 19.2. The predicted octanol–water partition coefficient (Wildman–Crippen LogP) is 3.49. The Kier molecular flexibility index (Phi) is 4.47. The van der Waals surface area contributed by atoms with Crippen molar-refractivity contribution in [1.29, 1.82) is 0 Å². The molecule has 1 unspecified atom stereocenters. The van der Waals surface area contributed by atoms with Gasteiger partial charge in [-0.05, 0) is 37.8 Å². The number of halogens is 3. The first-order chi connectivity index (χ1) is 12.4. The fourth-order valence-corrected chi connectivity index (χ4v) is 3.85. The highest BCUT2D eigenvalue weighted by atomic mass is 32.1. The molecule has 2 aromatic heterocycles. The number of ether oxygens (including phenoxy) is 1. The molecule has 1 amide bonds. The number of alkyl halides is 3. The van der Waals surface area contributed by atoms with E-state index in [2.05, 4.69) is 14.7 Å². The van der Waals surface area contributed by atoms with Gasteiger partial charge in [0.15, 0.2) is 0 Å². The van der Waals surface area contributed by atoms with E-state index in [1.807, 2.05) is 4.90 Å². The molecule has 0 bridgehead atoms. The second-order valence-electron chi connectivity index (χ2n) is 6.39. The summed E-state index contributed by atoms with van der Waals surface area (Å²) < 4.78 is 47.5. The van der Waals surface area contributed by atoms with E-state index in [1.165, 1.54) is 11.3 Å². The molecular weight excluding hydrogens is 371 g/mol. The molecule has 6 nitrogen and oxygen atoms in total. The van der Waals surface area contributed by atoms with Crippen LogP contribution in [-0.4, -0.2) is 39.7 Å². The number of carbonyl (C=O) groups excluding carboxylic acids is 1. The minimum atomic E-state index is -4.66. The highest BCUT2D eigenvalue weighted by Crippen LogP contribution is 2.34. The van der Waals surface area contributed by atoms with Gasteiger partial charge in [-0.3, -0.25) is 4.79 Å². The van der Waals surface area contributed by atoms with Crippen LogP contribution in [0.4, 0.5) is 13.2 Å². The van der Waals surface area contributed by atoms with E-state index < -0.39 is 12.1 Å². The Hall–Kier alpha value is -1.94. The van der Waals surface area contributed by atoms with Crippen molar-refractivity contribution in [2.24, 2.45) is 0 Å². The smallest absolute Gasteiger partial charge is 0.368 e. The van der Waals surface area contributed by atoms with Crippen LogP contribution >= 0.6 is 11.3 Å². The van der Waals surface area contributed by atoms with Crippen molar-refractivity contribution in [3.05, 3.63) is 22.9 Å². The number of thiophene rings is 1. The van der Waals surface area contributed by atoms with Crippen LogP contribution in [0.25, 0.3) is 10.7 Å². The van der Waals surface area contributed by atoms with Crippen molar-refractivity contribution in [3.63, 3.8) is 0 Å². The first-order valence-corrected chi connectivity index (χ1v) is 9.15. The Morgan fingerprint density at radius 1 is 1.31 bits per heavy atom. The number of aromatic nitrogens is 2. The molecule has 2 fully saturated rings. The minimum Gasteiger partial charge on any atom is -0.368 e. The second kappa shape index (κ2) is 6.66. The summed E-state index contributed by atoms with van der Waals surface area (Å²) in [6, 6.07) is 3.65. The standard InChI is InChI=1S/C16H16F3N3O3S/c17-16(18,19)15-20-13(21-25-15)12-6-5-10(26-12)8-22(9-3-4-9)14(23)11-2-1-7-24-11/h5-6,9,11H,1-4,7-8H2. The van der Waals surface area contributed by atoms with Crippen molar-refractivity contribution < 1.29 is 27.2 Å². The first-order valence-electron chi connectivity index (χ1n) is 8.34. The molecule has 1 saturated heterocycles. The molecule has 0 spiro atoms. The maximum atomic E-state index is 12.7. The number of hydrogen-bond acceptors (Lipinski definition) is 6. The monoisotopic (exact) mass is 387 g/mol. The van der Waals surface area contributed by atoms with Gasteiger partial charge in [0, 0.05) is 17.5 Å². The molecule has 1 aliphatic carbocycles. The lowest BCUT2D eigenvalue weighted by Crippen LogP contribution is -2.39. The number of carbonyl (C=O) groups is 1. The van der Waals surface area contributed by atoms with E-state index in [1.54, 1.807) is 12.1 Å². The first kappa shape index (κ1) is 17.5. The SMILES string of the molecule is O=C(C1CCCO1)N(Cc1ccc(-c2noc(C(F)(F)F)n2)s1)C1CC1. The van der Waals surface area contributed by atoms with Crippen LogP contribution in [0.1, 0.15) is 36.5 Å². The fourth-order valence-electron chi connectivity index (χ4n) is 2.92. The zero-order chi connectivity index (χ0) is 18.3. The van der Waals surface area contributed by atoms with E-state index in [9.17, 15) is 18.0 Å². The average Bonchev–Trinajstić information content (AvgIpc) is 3.04. The lowest BCUT2D eigenvalue weighted by molar-refractivity contribution is -0.159. The normalized spacial score (nSPS) is 20.5. The third-order valence-corrected chi connectivity index (χ3v) is 5.42. The Morgan fingerprint density at radius 2 is 2.12 bits per heavy atom. The van der Waals surface area contributed by atoms with Crippen molar-refractivity contribution in [2.75, 3.05) is 6.61 Å². The van der Waals surface area contributed by atoms with Crippen LogP contribution in [0.2, 0.25) is 0 Å². The molecule has 1 aliphatic heterocycles. The second-order valence-corrected chi connectivity index (χ2v) is 7.55. The van der Waals surface area contributed by atoms with Crippen molar-refractivity contribution in [1.82, 2.24) is 15.0 Å². The van der Waals surface area contributed by atoms with Crippen LogP contribution in [0.3, 0.4) is 0 Å². The number of nitrogens with zero attached hydrogens (tertiary/aromatic N) is 3. The molecule has 0 radical (unpaired) electrons. The highest BCUT2D eigenvalue weighted by Gasteiger charge is 2.39. The Morgan fingerprint density at radius 3 is 2.73 bits per heavy atom. The summed E-state index contributed by atoms with van der Waals surface area (Å²) in [5.41, 5.74) is 0. The van der Waals surface area contributed by atoms with E-state index in [-0.39, 0.29) is 23.9 Å². The molecule has 26 heavy (non-hydrogen) atoms. The summed E-state index contributed by atoms with van der Waals surface area (Å²) in [5, 5.41) is 3.39. The molecule has 10 heteroatoms. The van der Waals surface area contributed by atoms with Gasteiger partial charge in [0.05, 0.1) is 11.4 Å². The summed E-state index contributed by atoms with van der Waals surface area (Å²) in [6.45, 7) is 1.02. The van der Waals surface area contributed by atoms with Gasteiger partial charge < -0.3 is 14.2 Å². The summed E-state index contributed by atoms with van der Waals surface area (Å²) in [6.07, 6.45) is -1.48. The summed E-state index contributed by atoms with van der Waals surface area (Å²) >= 11 is 1.26. The van der Waals surface area contributed by atoms with E-state index in [0.29, 0.717) is 18.0 Å². The van der Waals surface area contributed by atoms with Crippen LogP contribution in [0.15, 0.2) is 16.7 Å². The lowest BCUT2D eigenvalue weighted by Gasteiger charge is -2.24. The van der Waals surface area contributed by atoms with Gasteiger partial charge in [-0.25, -0.2) is 0 Å². The molecule has 2 aliphatic rings. The third-order valence-electron chi connectivity index (χ3n) is 4.35. The molecule has 3 heterocycles. The van der Waals surface area contributed by atoms with E-state index in [4.69, 9.17) is 4.74 Å². The van der Waals surface area contributed by atoms with Gasteiger partial charge in [0.2, 0.25) is 5.82 Å². The van der Waals surface area contributed by atoms with Gasteiger partial charge in [-0.1, -0.05) is 5.16 Å². The number of rotatable bonds is 5. The quantitative estimate of drug-likeness (QED) is 0.786. The van der Waals surface area contributed by atoms with Crippen LogP contribution in [0.5, 0.6) is 0 Å². The minimum absolute atomic E-state index is 0.00105. The number of hydrogen-bond donors (Lipinski definition) is 0. The van der Waals surface area contributed by atoms with E-state index >= 15 is 0 Å². The van der Waals surface area contributed by atoms with E-state index in [0.717, 1.165) is 30.6 Å². The molecule has 1 saturated carbocycles. The lowest BCUT2D eigenvalue weighted by atomic mass is 10.2. The zero-order valence-electron chi connectivity index (χ0n) is 13.7. The molecule has 140 valence electrons. The largest absolute Gasteiger partial charge is 0.471 e. The van der Waals surface area contributed by atoms with Crippen LogP contribution in [-0.2, 0) is 22.3 Å². The van der Waals surface area contributed by atoms with Gasteiger partial charge >= 0.3 is 12.1 Å². The Bertz CT molecular complexity index is 794. The van der Waals surface area contributed by atoms with Crippen LogP contribution in [0, 0.1) is 0 Å². The molecular formula is C16H16F3N3O3S.